The molecule has 0 bridgehead atoms. The van der Waals surface area contributed by atoms with Crippen LogP contribution in [-0.4, -0.2) is 28.5 Å². The first-order valence-electron chi connectivity index (χ1n) is 2.91. The summed E-state index contributed by atoms with van der Waals surface area (Å²) in [4.78, 5) is 0. The molecule has 0 heterocycles. The van der Waals surface area contributed by atoms with Crippen molar-refractivity contribution in [1.29, 1.82) is 0 Å². The fourth-order valence-electron chi connectivity index (χ4n) is 0.425. The summed E-state index contributed by atoms with van der Waals surface area (Å²) >= 11 is 0. The van der Waals surface area contributed by atoms with Gasteiger partial charge in [-0.05, 0) is 18.9 Å². The molecule has 9 heavy (non-hydrogen) atoms. The minimum atomic E-state index is -0.314. The van der Waals surface area contributed by atoms with E-state index in [0.717, 1.165) is 0 Å². The minimum Gasteiger partial charge on any atom is -0.510 e. The Morgan fingerprint density at radius 2 is 2.00 bits per heavy atom. The molecule has 3 heteroatoms. The lowest BCUT2D eigenvalue weighted by molar-refractivity contribution is 0.250. The van der Waals surface area contributed by atoms with Crippen LogP contribution >= 0.6 is 0 Å². The Morgan fingerprint density at radius 3 is 2.44 bits per heavy atom. The summed E-state index contributed by atoms with van der Waals surface area (Å²) in [6, 6.07) is 0. The summed E-state index contributed by atoms with van der Waals surface area (Å²) in [6.07, 6.45) is 2.74. The van der Waals surface area contributed by atoms with Gasteiger partial charge in [-0.1, -0.05) is 0 Å². The average Bonchev–Trinajstić information content (AvgIpc) is 1.89. The van der Waals surface area contributed by atoms with Crippen molar-refractivity contribution in [1.82, 2.24) is 0 Å². The molecule has 0 aromatic carbocycles. The number of rotatable bonds is 4. The van der Waals surface area contributed by atoms with Crippen LogP contribution in [0.4, 0.5) is 0 Å². The first kappa shape index (κ1) is 8.46. The number of aliphatic hydroxyl groups excluding tert-OH is 3. The fourth-order valence-corrected chi connectivity index (χ4v) is 0.425. The lowest BCUT2D eigenvalue weighted by Crippen LogP contribution is -1.88. The molecule has 0 rings (SSSR count). The predicted octanol–water partition coefficient (Wildman–Crippen LogP) is 0.193. The van der Waals surface area contributed by atoms with Crippen molar-refractivity contribution in [2.75, 3.05) is 13.2 Å². The number of unbranched alkanes of at least 4 members (excludes halogenated alkanes) is 1. The van der Waals surface area contributed by atoms with Crippen LogP contribution in [0.25, 0.3) is 0 Å². The minimum absolute atomic E-state index is 0.0246. The van der Waals surface area contributed by atoms with Crippen molar-refractivity contribution in [3.8, 4) is 0 Å². The van der Waals surface area contributed by atoms with Crippen LogP contribution in [0.1, 0.15) is 12.8 Å². The quantitative estimate of drug-likeness (QED) is 0.378. The van der Waals surface area contributed by atoms with E-state index in [0.29, 0.717) is 12.8 Å². The number of hydrogen-bond acceptors (Lipinski definition) is 3. The molecule has 0 saturated heterocycles. The topological polar surface area (TPSA) is 60.7 Å². The van der Waals surface area contributed by atoms with Crippen LogP contribution in [0.15, 0.2) is 11.8 Å². The van der Waals surface area contributed by atoms with Gasteiger partial charge in [-0.15, -0.1) is 0 Å². The smallest absolute Gasteiger partial charge is 0.114 e. The average molecular weight is 132 g/mol. The van der Waals surface area contributed by atoms with Crippen molar-refractivity contribution in [3.63, 3.8) is 0 Å². The Kier molecular flexibility index (Phi) is 5.26. The first-order chi connectivity index (χ1) is 4.31. The van der Waals surface area contributed by atoms with Gasteiger partial charge in [-0.3, -0.25) is 0 Å². The Labute approximate surface area is 54.3 Å². The standard InChI is InChI=1S/C6H12O3/c7-4-2-1-3-6(9)5-8/h3,7-9H,1-2,4-5H2. The summed E-state index contributed by atoms with van der Waals surface area (Å²) in [7, 11) is 0. The van der Waals surface area contributed by atoms with Gasteiger partial charge in [0.05, 0.1) is 6.61 Å². The highest BCUT2D eigenvalue weighted by molar-refractivity contribution is 4.89. The first-order valence-corrected chi connectivity index (χ1v) is 2.91. The summed E-state index contributed by atoms with van der Waals surface area (Å²) < 4.78 is 0. The molecule has 0 fully saturated rings. The number of allylic oxidation sites excluding steroid dienone is 1. The van der Waals surface area contributed by atoms with Gasteiger partial charge in [0.25, 0.3) is 0 Å². The van der Waals surface area contributed by atoms with Gasteiger partial charge in [0.2, 0.25) is 0 Å². The molecular formula is C6H12O3. The van der Waals surface area contributed by atoms with E-state index < -0.39 is 0 Å². The lowest BCUT2D eigenvalue weighted by Gasteiger charge is -1.91. The van der Waals surface area contributed by atoms with Crippen LogP contribution in [-0.2, 0) is 0 Å². The Bertz CT molecular complexity index is 88.3. The molecule has 3 N–H and O–H groups in total. The van der Waals surface area contributed by atoms with Crippen LogP contribution in [0.3, 0.4) is 0 Å². The molecular weight excluding hydrogens is 120 g/mol. The van der Waals surface area contributed by atoms with E-state index in [1.807, 2.05) is 0 Å². The zero-order valence-electron chi connectivity index (χ0n) is 5.25. The molecule has 0 aromatic rings. The largest absolute Gasteiger partial charge is 0.510 e. The van der Waals surface area contributed by atoms with E-state index in [4.69, 9.17) is 15.3 Å². The maximum atomic E-state index is 8.61. The lowest BCUT2D eigenvalue weighted by atomic mass is 10.3. The molecule has 3 nitrogen and oxygen atoms in total. The molecule has 0 amide bonds. The van der Waals surface area contributed by atoms with Gasteiger partial charge in [0.15, 0.2) is 0 Å². The Morgan fingerprint density at radius 1 is 1.33 bits per heavy atom. The van der Waals surface area contributed by atoms with Crippen LogP contribution < -0.4 is 0 Å². The van der Waals surface area contributed by atoms with Crippen molar-refractivity contribution in [2.45, 2.75) is 12.8 Å². The van der Waals surface area contributed by atoms with Crippen LogP contribution in [0.2, 0.25) is 0 Å². The molecule has 54 valence electrons. The molecule has 0 aliphatic carbocycles. The van der Waals surface area contributed by atoms with Gasteiger partial charge in [0.1, 0.15) is 5.76 Å². The monoisotopic (exact) mass is 132 g/mol. The molecule has 0 atom stereocenters. The van der Waals surface area contributed by atoms with Gasteiger partial charge in [-0.25, -0.2) is 0 Å². The highest BCUT2D eigenvalue weighted by atomic mass is 16.3. The van der Waals surface area contributed by atoms with E-state index in [2.05, 4.69) is 0 Å². The highest BCUT2D eigenvalue weighted by Crippen LogP contribution is 1.93. The maximum Gasteiger partial charge on any atom is 0.114 e. The zero-order chi connectivity index (χ0) is 7.11. The highest BCUT2D eigenvalue weighted by Gasteiger charge is 1.86. The second-order valence-electron chi connectivity index (χ2n) is 1.72. The maximum absolute atomic E-state index is 8.61. The predicted molar refractivity (Wildman–Crippen MR) is 34.1 cm³/mol. The second kappa shape index (κ2) is 5.59. The zero-order valence-corrected chi connectivity index (χ0v) is 5.25. The molecule has 0 aliphatic rings. The third-order valence-electron chi connectivity index (χ3n) is 0.904. The molecule has 0 aliphatic heterocycles. The van der Waals surface area contributed by atoms with E-state index in [1.165, 1.54) is 6.08 Å². The Balaban J connectivity index is 3.21. The normalized spacial score (nSPS) is 12.0. The summed E-state index contributed by atoms with van der Waals surface area (Å²) in [6.45, 7) is -0.194. The van der Waals surface area contributed by atoms with E-state index in [-0.39, 0.29) is 19.0 Å². The molecule has 0 unspecified atom stereocenters. The van der Waals surface area contributed by atoms with Crippen molar-refractivity contribution >= 4 is 0 Å². The van der Waals surface area contributed by atoms with Crippen LogP contribution in [0, 0.1) is 0 Å². The summed E-state index contributed by atoms with van der Waals surface area (Å²) in [5, 5.41) is 25.1. The number of hydrogen-bond donors (Lipinski definition) is 3. The second-order valence-corrected chi connectivity index (χ2v) is 1.72. The van der Waals surface area contributed by atoms with Gasteiger partial charge in [0, 0.05) is 6.61 Å². The van der Waals surface area contributed by atoms with Gasteiger partial charge in [-0.2, -0.15) is 0 Å². The van der Waals surface area contributed by atoms with Crippen molar-refractivity contribution in [2.24, 2.45) is 0 Å². The molecule has 0 aromatic heterocycles. The van der Waals surface area contributed by atoms with Crippen molar-refractivity contribution in [3.05, 3.63) is 11.8 Å². The molecule has 0 saturated carbocycles. The van der Waals surface area contributed by atoms with E-state index in [1.54, 1.807) is 0 Å². The van der Waals surface area contributed by atoms with Gasteiger partial charge >= 0.3 is 0 Å². The summed E-state index contributed by atoms with van der Waals surface area (Å²) in [5.74, 6) is -0.0246. The van der Waals surface area contributed by atoms with E-state index >= 15 is 0 Å². The van der Waals surface area contributed by atoms with Crippen LogP contribution in [0.5, 0.6) is 0 Å². The van der Waals surface area contributed by atoms with Gasteiger partial charge < -0.3 is 15.3 Å². The summed E-state index contributed by atoms with van der Waals surface area (Å²) in [5.41, 5.74) is 0. The third-order valence-corrected chi connectivity index (χ3v) is 0.904. The third kappa shape index (κ3) is 5.33. The molecule has 0 spiro atoms. The van der Waals surface area contributed by atoms with Crippen molar-refractivity contribution < 1.29 is 15.3 Å². The Hall–Kier alpha value is -0.540. The fraction of sp³-hybridized carbons (Fsp3) is 0.667. The number of aliphatic hydroxyl groups is 3. The SMILES string of the molecule is OCCCC=C(O)CO. The molecule has 0 radical (unpaired) electrons. The van der Waals surface area contributed by atoms with E-state index in [9.17, 15) is 0 Å².